The Morgan fingerprint density at radius 2 is 1.73 bits per heavy atom. The van der Waals surface area contributed by atoms with Crippen LogP contribution in [0.1, 0.15) is 19.3 Å². The van der Waals surface area contributed by atoms with Gasteiger partial charge in [-0.1, -0.05) is 12.1 Å². The largest absolute Gasteiger partial charge is 0.456 e. The van der Waals surface area contributed by atoms with Gasteiger partial charge >= 0.3 is 0 Å². The average Bonchev–Trinajstić information content (AvgIpc) is 2.56. The average molecular weight is 297 g/mol. The molecule has 0 spiro atoms. The summed E-state index contributed by atoms with van der Waals surface area (Å²) in [5.41, 5.74) is 1.23. The van der Waals surface area contributed by atoms with Gasteiger partial charge in [-0.3, -0.25) is 4.79 Å². The van der Waals surface area contributed by atoms with E-state index >= 15 is 0 Å². The molecule has 4 heteroatoms. The van der Waals surface area contributed by atoms with Gasteiger partial charge in [0.2, 0.25) is 5.43 Å². The number of fused-ring (bicyclic) bond motifs is 2. The van der Waals surface area contributed by atoms with Crippen molar-refractivity contribution in [1.82, 2.24) is 0 Å². The molecule has 112 valence electrons. The fourth-order valence-electron chi connectivity index (χ4n) is 3.27. The first-order chi connectivity index (χ1) is 10.8. The molecule has 0 bridgehead atoms. The molecule has 1 aliphatic heterocycles. The molecule has 0 unspecified atom stereocenters. The summed E-state index contributed by atoms with van der Waals surface area (Å²) >= 11 is 0. The van der Waals surface area contributed by atoms with Crippen molar-refractivity contribution in [2.45, 2.75) is 19.3 Å². The minimum absolute atomic E-state index is 0.156. The Morgan fingerprint density at radius 1 is 0.955 bits per heavy atom. The van der Waals surface area contributed by atoms with E-state index in [1.807, 2.05) is 11.0 Å². The van der Waals surface area contributed by atoms with E-state index in [9.17, 15) is 9.18 Å². The van der Waals surface area contributed by atoms with E-state index in [4.69, 9.17) is 4.42 Å². The summed E-state index contributed by atoms with van der Waals surface area (Å²) in [6.07, 6.45) is 3.20. The Balaban J connectivity index is 2.08. The molecule has 0 atom stereocenters. The number of nitrogens with zero attached hydrogens (tertiary/aromatic N) is 1. The Kier molecular flexibility index (Phi) is 3.10. The van der Waals surface area contributed by atoms with Crippen LogP contribution in [0.3, 0.4) is 0 Å². The van der Waals surface area contributed by atoms with Gasteiger partial charge in [0, 0.05) is 13.1 Å². The smallest absolute Gasteiger partial charge is 0.202 e. The Hall–Kier alpha value is -2.36. The zero-order valence-corrected chi connectivity index (χ0v) is 12.1. The highest BCUT2D eigenvalue weighted by molar-refractivity contribution is 5.97. The van der Waals surface area contributed by atoms with Crippen LogP contribution in [0.25, 0.3) is 21.9 Å². The van der Waals surface area contributed by atoms with Crippen molar-refractivity contribution >= 4 is 27.6 Å². The van der Waals surface area contributed by atoms with E-state index in [-0.39, 0.29) is 11.2 Å². The third-order valence-electron chi connectivity index (χ3n) is 4.34. The van der Waals surface area contributed by atoms with Gasteiger partial charge in [0.15, 0.2) is 0 Å². The van der Waals surface area contributed by atoms with Crippen LogP contribution in [0.15, 0.2) is 45.6 Å². The summed E-state index contributed by atoms with van der Waals surface area (Å²) in [7, 11) is 0. The van der Waals surface area contributed by atoms with E-state index < -0.39 is 0 Å². The topological polar surface area (TPSA) is 33.5 Å². The predicted octanol–water partition coefficient (Wildman–Crippen LogP) is 4.08. The molecular formula is C18H16FNO2. The van der Waals surface area contributed by atoms with E-state index in [0.29, 0.717) is 27.6 Å². The van der Waals surface area contributed by atoms with Crippen LogP contribution >= 0.6 is 0 Å². The monoisotopic (exact) mass is 297 g/mol. The Morgan fingerprint density at radius 3 is 2.55 bits per heavy atom. The summed E-state index contributed by atoms with van der Waals surface area (Å²) < 4.78 is 20.3. The maximum atomic E-state index is 14.5. The fraction of sp³-hybridized carbons (Fsp3) is 0.278. The maximum absolute atomic E-state index is 14.5. The molecule has 0 N–H and O–H groups in total. The van der Waals surface area contributed by atoms with Crippen LogP contribution in [0, 0.1) is 5.82 Å². The van der Waals surface area contributed by atoms with Crippen molar-refractivity contribution in [3.05, 3.63) is 52.4 Å². The normalized spacial score (nSPS) is 15.6. The van der Waals surface area contributed by atoms with E-state index in [2.05, 4.69) is 0 Å². The number of piperidine rings is 1. The summed E-state index contributed by atoms with van der Waals surface area (Å²) in [6.45, 7) is 1.56. The standard InChI is InChI=1S/C18H16FNO2/c19-13-8-9-15-16(17(13)20-10-4-1-5-11-20)18(21)12-6-2-3-7-14(12)22-15/h2-3,6-9H,1,4-5,10-11H2. The second kappa shape index (κ2) is 5.13. The molecule has 22 heavy (non-hydrogen) atoms. The third-order valence-corrected chi connectivity index (χ3v) is 4.34. The number of rotatable bonds is 1. The van der Waals surface area contributed by atoms with Crippen LogP contribution in [0.2, 0.25) is 0 Å². The first-order valence-electron chi connectivity index (χ1n) is 7.65. The highest BCUT2D eigenvalue weighted by Gasteiger charge is 2.21. The minimum atomic E-state index is -0.350. The number of hydrogen-bond acceptors (Lipinski definition) is 3. The SMILES string of the molecule is O=c1c2ccccc2oc2ccc(F)c(N3CCCCC3)c12. The van der Waals surface area contributed by atoms with E-state index in [1.54, 1.807) is 24.3 Å². The molecule has 0 saturated carbocycles. The van der Waals surface area contributed by atoms with Gasteiger partial charge in [-0.2, -0.15) is 0 Å². The van der Waals surface area contributed by atoms with Crippen molar-refractivity contribution in [3.8, 4) is 0 Å². The summed E-state index contributed by atoms with van der Waals surface area (Å²) in [5, 5.41) is 0.861. The zero-order valence-electron chi connectivity index (χ0n) is 12.1. The van der Waals surface area contributed by atoms with Crippen molar-refractivity contribution in [1.29, 1.82) is 0 Å². The van der Waals surface area contributed by atoms with Gasteiger partial charge in [0.25, 0.3) is 0 Å². The molecule has 3 nitrogen and oxygen atoms in total. The molecule has 2 aromatic carbocycles. The van der Waals surface area contributed by atoms with Gasteiger partial charge in [0.05, 0.1) is 16.5 Å². The van der Waals surface area contributed by atoms with Gasteiger partial charge < -0.3 is 9.32 Å². The van der Waals surface area contributed by atoms with Crippen LogP contribution in [0.4, 0.5) is 10.1 Å². The molecule has 1 aromatic heterocycles. The first kappa shape index (κ1) is 13.3. The molecule has 2 heterocycles. The van der Waals surface area contributed by atoms with E-state index in [1.165, 1.54) is 6.07 Å². The minimum Gasteiger partial charge on any atom is -0.456 e. The van der Waals surface area contributed by atoms with Gasteiger partial charge in [0.1, 0.15) is 17.0 Å². The van der Waals surface area contributed by atoms with Crippen molar-refractivity contribution in [3.63, 3.8) is 0 Å². The van der Waals surface area contributed by atoms with Crippen LogP contribution in [-0.4, -0.2) is 13.1 Å². The van der Waals surface area contributed by atoms with Crippen molar-refractivity contribution < 1.29 is 8.81 Å². The predicted molar refractivity (Wildman–Crippen MR) is 86.0 cm³/mol. The molecule has 0 amide bonds. The maximum Gasteiger partial charge on any atom is 0.202 e. The molecule has 1 fully saturated rings. The second-order valence-electron chi connectivity index (χ2n) is 5.74. The van der Waals surface area contributed by atoms with Crippen LogP contribution < -0.4 is 10.3 Å². The molecule has 1 aliphatic rings. The molecule has 0 aliphatic carbocycles. The highest BCUT2D eigenvalue weighted by atomic mass is 19.1. The lowest BCUT2D eigenvalue weighted by Crippen LogP contribution is -2.31. The van der Waals surface area contributed by atoms with Gasteiger partial charge in [-0.25, -0.2) is 4.39 Å². The number of anilines is 1. The summed E-state index contributed by atoms with van der Waals surface area (Å²) in [5.74, 6) is -0.350. The lowest BCUT2D eigenvalue weighted by atomic mass is 10.1. The molecule has 1 saturated heterocycles. The Bertz CT molecular complexity index is 910. The first-order valence-corrected chi connectivity index (χ1v) is 7.65. The zero-order chi connectivity index (χ0) is 15.1. The molecule has 4 rings (SSSR count). The third kappa shape index (κ3) is 1.98. The van der Waals surface area contributed by atoms with Crippen molar-refractivity contribution in [2.24, 2.45) is 0 Å². The summed E-state index contributed by atoms with van der Waals surface area (Å²) in [6, 6.07) is 10.1. The number of halogens is 1. The molecule has 0 radical (unpaired) electrons. The number of para-hydroxylation sites is 1. The fourth-order valence-corrected chi connectivity index (χ4v) is 3.27. The van der Waals surface area contributed by atoms with Crippen molar-refractivity contribution in [2.75, 3.05) is 18.0 Å². The lowest BCUT2D eigenvalue weighted by molar-refractivity contribution is 0.557. The van der Waals surface area contributed by atoms with Gasteiger partial charge in [-0.15, -0.1) is 0 Å². The Labute approximate surface area is 127 Å². The highest BCUT2D eigenvalue weighted by Crippen LogP contribution is 2.31. The molecular weight excluding hydrogens is 281 g/mol. The molecule has 3 aromatic rings. The van der Waals surface area contributed by atoms with Gasteiger partial charge in [-0.05, 0) is 43.5 Å². The van der Waals surface area contributed by atoms with Crippen LogP contribution in [-0.2, 0) is 0 Å². The number of hydrogen-bond donors (Lipinski definition) is 0. The quantitative estimate of drug-likeness (QED) is 0.635. The second-order valence-corrected chi connectivity index (χ2v) is 5.74. The van der Waals surface area contributed by atoms with Crippen LogP contribution in [0.5, 0.6) is 0 Å². The van der Waals surface area contributed by atoms with E-state index in [0.717, 1.165) is 32.4 Å². The summed E-state index contributed by atoms with van der Waals surface area (Å²) in [4.78, 5) is 14.8. The lowest BCUT2D eigenvalue weighted by Gasteiger charge is -2.29. The number of benzene rings is 2.